The van der Waals surface area contributed by atoms with E-state index >= 15 is 0 Å². The number of carboxylic acids is 1. The maximum Gasteiger partial charge on any atom is 0.335 e. The largest absolute Gasteiger partial charge is 0.488 e. The molecule has 2 heterocycles. The minimum atomic E-state index is -0.974. The Morgan fingerprint density at radius 3 is 2.42 bits per heavy atom. The van der Waals surface area contributed by atoms with Crippen LogP contribution in [0.25, 0.3) is 33.6 Å². The van der Waals surface area contributed by atoms with Crippen LogP contribution in [-0.4, -0.2) is 36.7 Å². The normalized spacial score (nSPS) is 10.8. The number of aromatic carboxylic acids is 1. The van der Waals surface area contributed by atoms with Gasteiger partial charge >= 0.3 is 5.97 Å². The van der Waals surface area contributed by atoms with E-state index in [0.717, 1.165) is 44.8 Å². The van der Waals surface area contributed by atoms with Crippen LogP contribution in [0, 0.1) is 13.8 Å². The lowest BCUT2D eigenvalue weighted by molar-refractivity contribution is 0.0697. The Labute approximate surface area is 207 Å². The fourth-order valence-electron chi connectivity index (χ4n) is 4.21. The predicted molar refractivity (Wildman–Crippen MR) is 135 cm³/mol. The summed E-state index contributed by atoms with van der Waals surface area (Å²) in [7, 11) is 0. The number of aromatic amines is 1. The second kappa shape index (κ2) is 9.79. The van der Waals surface area contributed by atoms with E-state index in [1.807, 2.05) is 74.5 Å². The van der Waals surface area contributed by atoms with Crippen molar-refractivity contribution in [3.05, 3.63) is 101 Å². The Kier molecular flexibility index (Phi) is 6.23. The van der Waals surface area contributed by atoms with Crippen LogP contribution in [0.15, 0.2) is 78.9 Å². The first-order valence-corrected chi connectivity index (χ1v) is 11.4. The summed E-state index contributed by atoms with van der Waals surface area (Å²) in [6.45, 7) is 4.16. The average molecular weight is 478 g/mol. The monoisotopic (exact) mass is 477 g/mol. The molecule has 0 bridgehead atoms. The molecule has 0 fully saturated rings. The summed E-state index contributed by atoms with van der Waals surface area (Å²) in [6, 6.07) is 24.7. The molecule has 0 aliphatic rings. The van der Waals surface area contributed by atoms with Gasteiger partial charge in [0.05, 0.1) is 5.56 Å². The summed E-state index contributed by atoms with van der Waals surface area (Å²) in [5, 5.41) is 23.8. The van der Waals surface area contributed by atoms with Crippen LogP contribution in [0.2, 0.25) is 0 Å². The molecular weight excluding hydrogens is 454 g/mol. The molecule has 2 aromatic heterocycles. The van der Waals surface area contributed by atoms with Crippen molar-refractivity contribution in [2.75, 3.05) is 0 Å². The van der Waals surface area contributed by atoms with Crippen molar-refractivity contribution in [2.24, 2.45) is 0 Å². The van der Waals surface area contributed by atoms with Crippen LogP contribution in [0.3, 0.4) is 0 Å². The van der Waals surface area contributed by atoms with Gasteiger partial charge in [0.2, 0.25) is 5.82 Å². The van der Waals surface area contributed by atoms with Gasteiger partial charge in [-0.3, -0.25) is 4.98 Å². The van der Waals surface area contributed by atoms with Crippen molar-refractivity contribution in [1.29, 1.82) is 0 Å². The standard InChI is InChI=1S/C28H23N5O3/c1-17-14-25(26(18(2)29-17)21-6-5-7-22(15-21)28(34)35)36-16-19-10-12-20(13-11-19)23-8-3-4-9-24(23)27-30-32-33-31-27/h3-15H,16H2,1-2H3,(H,34,35)(H,30,31,32,33). The number of ether oxygens (including phenoxy) is 1. The van der Waals surface area contributed by atoms with Crippen LogP contribution in [0.1, 0.15) is 27.3 Å². The molecule has 0 unspecified atom stereocenters. The van der Waals surface area contributed by atoms with Gasteiger partial charge in [-0.2, -0.15) is 5.21 Å². The molecular formula is C28H23N5O3. The number of benzene rings is 3. The summed E-state index contributed by atoms with van der Waals surface area (Å²) in [6.07, 6.45) is 0. The van der Waals surface area contributed by atoms with Crippen LogP contribution >= 0.6 is 0 Å². The van der Waals surface area contributed by atoms with E-state index in [0.29, 0.717) is 18.2 Å². The van der Waals surface area contributed by atoms with E-state index in [4.69, 9.17) is 4.74 Å². The quantitative estimate of drug-likeness (QED) is 0.319. The first-order valence-electron chi connectivity index (χ1n) is 11.4. The molecule has 0 aliphatic carbocycles. The molecule has 8 nitrogen and oxygen atoms in total. The van der Waals surface area contributed by atoms with Gasteiger partial charge in [0.25, 0.3) is 0 Å². The fraction of sp³-hybridized carbons (Fsp3) is 0.107. The van der Waals surface area contributed by atoms with Crippen molar-refractivity contribution < 1.29 is 14.6 Å². The number of nitrogens with zero attached hydrogens (tertiary/aromatic N) is 4. The number of hydrogen-bond donors (Lipinski definition) is 2. The smallest absolute Gasteiger partial charge is 0.335 e. The van der Waals surface area contributed by atoms with Gasteiger partial charge in [0.15, 0.2) is 0 Å². The topological polar surface area (TPSA) is 114 Å². The van der Waals surface area contributed by atoms with E-state index in [1.165, 1.54) is 0 Å². The molecule has 5 aromatic rings. The number of pyridine rings is 1. The number of tetrazole rings is 1. The van der Waals surface area contributed by atoms with E-state index < -0.39 is 5.97 Å². The lowest BCUT2D eigenvalue weighted by Crippen LogP contribution is -2.02. The van der Waals surface area contributed by atoms with Gasteiger partial charge in [-0.05, 0) is 53.4 Å². The number of carbonyl (C=O) groups is 1. The lowest BCUT2D eigenvalue weighted by Gasteiger charge is -2.16. The summed E-state index contributed by atoms with van der Waals surface area (Å²) >= 11 is 0. The van der Waals surface area contributed by atoms with Crippen molar-refractivity contribution in [2.45, 2.75) is 20.5 Å². The third kappa shape index (κ3) is 4.69. The average Bonchev–Trinajstić information content (AvgIpc) is 3.42. The van der Waals surface area contributed by atoms with Crippen LogP contribution in [-0.2, 0) is 6.61 Å². The van der Waals surface area contributed by atoms with E-state index in [-0.39, 0.29) is 5.56 Å². The van der Waals surface area contributed by atoms with Crippen molar-refractivity contribution in [1.82, 2.24) is 25.6 Å². The lowest BCUT2D eigenvalue weighted by atomic mass is 9.98. The van der Waals surface area contributed by atoms with Gasteiger partial charge in [0.1, 0.15) is 12.4 Å². The minimum absolute atomic E-state index is 0.218. The Hall–Kier alpha value is -4.85. The summed E-state index contributed by atoms with van der Waals surface area (Å²) in [4.78, 5) is 16.0. The van der Waals surface area contributed by atoms with E-state index in [2.05, 4.69) is 25.6 Å². The molecule has 5 rings (SSSR count). The Morgan fingerprint density at radius 2 is 1.69 bits per heavy atom. The highest BCUT2D eigenvalue weighted by molar-refractivity contribution is 5.90. The van der Waals surface area contributed by atoms with Crippen LogP contribution in [0.4, 0.5) is 0 Å². The molecule has 0 aliphatic heterocycles. The third-order valence-electron chi connectivity index (χ3n) is 5.86. The van der Waals surface area contributed by atoms with E-state index in [9.17, 15) is 9.90 Å². The second-order valence-corrected chi connectivity index (χ2v) is 8.37. The number of nitrogens with one attached hydrogen (secondary N) is 1. The summed E-state index contributed by atoms with van der Waals surface area (Å²) in [5.41, 5.74) is 7.29. The van der Waals surface area contributed by atoms with Gasteiger partial charge in [-0.15, -0.1) is 10.2 Å². The minimum Gasteiger partial charge on any atom is -0.488 e. The first kappa shape index (κ1) is 22.9. The zero-order valence-corrected chi connectivity index (χ0v) is 19.8. The van der Waals surface area contributed by atoms with Crippen LogP contribution < -0.4 is 4.74 Å². The first-order chi connectivity index (χ1) is 17.5. The Balaban J connectivity index is 1.41. The maximum atomic E-state index is 11.5. The molecule has 0 atom stereocenters. The zero-order chi connectivity index (χ0) is 25.1. The van der Waals surface area contributed by atoms with Crippen molar-refractivity contribution in [3.63, 3.8) is 0 Å². The van der Waals surface area contributed by atoms with Gasteiger partial charge in [-0.1, -0.05) is 60.7 Å². The SMILES string of the molecule is Cc1cc(OCc2ccc(-c3ccccc3-c3nn[nH]n3)cc2)c(-c2cccc(C(=O)O)c2)c(C)n1. The van der Waals surface area contributed by atoms with Crippen LogP contribution in [0.5, 0.6) is 5.75 Å². The molecule has 0 saturated carbocycles. The number of H-pyrrole nitrogens is 1. The molecule has 0 saturated heterocycles. The van der Waals surface area contributed by atoms with Gasteiger partial charge in [0, 0.05) is 28.6 Å². The third-order valence-corrected chi connectivity index (χ3v) is 5.86. The maximum absolute atomic E-state index is 11.5. The molecule has 0 radical (unpaired) electrons. The molecule has 178 valence electrons. The van der Waals surface area contributed by atoms with E-state index in [1.54, 1.807) is 18.2 Å². The molecule has 3 aromatic carbocycles. The molecule has 2 N–H and O–H groups in total. The number of hydrogen-bond acceptors (Lipinski definition) is 6. The fourth-order valence-corrected chi connectivity index (χ4v) is 4.21. The highest BCUT2D eigenvalue weighted by Gasteiger charge is 2.15. The Morgan fingerprint density at radius 1 is 0.917 bits per heavy atom. The van der Waals surface area contributed by atoms with Crippen molar-refractivity contribution >= 4 is 5.97 Å². The predicted octanol–water partition coefficient (Wildman–Crippen LogP) is 5.49. The molecule has 8 heteroatoms. The second-order valence-electron chi connectivity index (χ2n) is 8.37. The summed E-state index contributed by atoms with van der Waals surface area (Å²) in [5.74, 6) is 0.230. The highest BCUT2D eigenvalue weighted by atomic mass is 16.5. The number of carboxylic acid groups (broad SMARTS) is 1. The van der Waals surface area contributed by atoms with Gasteiger partial charge < -0.3 is 9.84 Å². The molecule has 0 amide bonds. The highest BCUT2D eigenvalue weighted by Crippen LogP contribution is 2.35. The molecule has 0 spiro atoms. The summed E-state index contributed by atoms with van der Waals surface area (Å²) < 4.78 is 6.25. The molecule has 36 heavy (non-hydrogen) atoms. The number of aromatic nitrogens is 5. The van der Waals surface area contributed by atoms with Crippen molar-refractivity contribution in [3.8, 4) is 39.4 Å². The Bertz CT molecular complexity index is 1530. The number of aryl methyl sites for hydroxylation is 2. The number of rotatable bonds is 7. The zero-order valence-electron chi connectivity index (χ0n) is 19.8. The van der Waals surface area contributed by atoms with Gasteiger partial charge in [-0.25, -0.2) is 4.79 Å².